The first-order valence-electron chi connectivity index (χ1n) is 10.9. The van der Waals surface area contributed by atoms with Crippen LogP contribution in [0.15, 0.2) is 55.2 Å². The lowest BCUT2D eigenvalue weighted by Gasteiger charge is -2.14. The van der Waals surface area contributed by atoms with Crippen LogP contribution in [0.5, 0.6) is 5.75 Å². The van der Waals surface area contributed by atoms with Crippen LogP contribution in [0.2, 0.25) is 0 Å². The molecular weight excluding hydrogens is 489 g/mol. The lowest BCUT2D eigenvalue weighted by molar-refractivity contribution is -0.138. The molecule has 0 atom stereocenters. The van der Waals surface area contributed by atoms with E-state index in [1.165, 1.54) is 23.0 Å². The maximum absolute atomic E-state index is 13.3. The van der Waals surface area contributed by atoms with Gasteiger partial charge in [0.1, 0.15) is 11.4 Å². The number of amides is 1. The number of carbonyl (C=O) groups excluding carboxylic acids is 1. The number of benzene rings is 1. The van der Waals surface area contributed by atoms with Crippen LogP contribution in [0.4, 0.5) is 18.9 Å². The normalized spacial score (nSPS) is 11.6. The number of nitrogens with zero attached hydrogens (tertiary/aromatic N) is 7. The highest BCUT2D eigenvalue weighted by Gasteiger charge is 2.34. The molecule has 13 heteroatoms. The lowest BCUT2D eigenvalue weighted by Crippen LogP contribution is -2.15. The Balaban J connectivity index is 1.44. The molecule has 0 spiro atoms. The first-order chi connectivity index (χ1) is 17.6. The standard InChI is InChI=1S/C24H19F3N8O2/c1-13-11-34-20(9-30-22(34)10-28-13)18-12-35(33-32-18)19-6-15(8-29-14(19)2)23(36)31-16-4-5-21(37-3)17(7-16)24(25,26)27/h4-12H,1-3H3,(H,31,36). The summed E-state index contributed by atoms with van der Waals surface area (Å²) in [5, 5.41) is 10.9. The van der Waals surface area contributed by atoms with Crippen LogP contribution in [0.25, 0.3) is 22.7 Å². The highest BCUT2D eigenvalue weighted by molar-refractivity contribution is 6.04. The molecule has 1 N–H and O–H groups in total. The van der Waals surface area contributed by atoms with E-state index in [0.717, 1.165) is 24.9 Å². The van der Waals surface area contributed by atoms with E-state index in [9.17, 15) is 18.0 Å². The molecule has 0 radical (unpaired) electrons. The summed E-state index contributed by atoms with van der Waals surface area (Å²) in [7, 11) is 1.14. The zero-order chi connectivity index (χ0) is 26.3. The molecule has 5 rings (SSSR count). The van der Waals surface area contributed by atoms with Gasteiger partial charge in [-0.05, 0) is 38.1 Å². The number of aromatic nitrogens is 7. The summed E-state index contributed by atoms with van der Waals surface area (Å²) in [6.07, 6.45) is 3.50. The molecule has 188 valence electrons. The number of alkyl halides is 3. The topological polar surface area (TPSA) is 112 Å². The molecular formula is C24H19F3N8O2. The fourth-order valence-electron chi connectivity index (χ4n) is 3.76. The maximum atomic E-state index is 13.3. The third-order valence-electron chi connectivity index (χ3n) is 5.61. The van der Waals surface area contributed by atoms with Crippen molar-refractivity contribution in [3.05, 3.63) is 77.8 Å². The fraction of sp³-hybridized carbons (Fsp3) is 0.167. The first kappa shape index (κ1) is 23.9. The minimum Gasteiger partial charge on any atom is -0.496 e. The summed E-state index contributed by atoms with van der Waals surface area (Å²) >= 11 is 0. The molecule has 0 aliphatic heterocycles. The zero-order valence-corrected chi connectivity index (χ0v) is 19.8. The third kappa shape index (κ3) is 4.58. The second-order valence-corrected chi connectivity index (χ2v) is 8.14. The quantitative estimate of drug-likeness (QED) is 0.377. The Morgan fingerprint density at radius 3 is 2.59 bits per heavy atom. The number of hydrogen-bond acceptors (Lipinski definition) is 7. The number of anilines is 1. The molecule has 0 bridgehead atoms. The Morgan fingerprint density at radius 1 is 1.03 bits per heavy atom. The van der Waals surface area contributed by atoms with Gasteiger partial charge in [0.2, 0.25) is 0 Å². The van der Waals surface area contributed by atoms with Gasteiger partial charge in [-0.2, -0.15) is 13.2 Å². The van der Waals surface area contributed by atoms with Gasteiger partial charge in [-0.25, -0.2) is 9.67 Å². The van der Waals surface area contributed by atoms with E-state index in [4.69, 9.17) is 4.74 Å². The molecule has 10 nitrogen and oxygen atoms in total. The van der Waals surface area contributed by atoms with Crippen molar-refractivity contribution in [3.63, 3.8) is 0 Å². The number of hydrogen-bond donors (Lipinski definition) is 1. The van der Waals surface area contributed by atoms with Gasteiger partial charge in [0, 0.05) is 18.1 Å². The van der Waals surface area contributed by atoms with Crippen molar-refractivity contribution >= 4 is 17.2 Å². The molecule has 0 saturated heterocycles. The Kier molecular flexibility index (Phi) is 5.82. The van der Waals surface area contributed by atoms with E-state index in [2.05, 4.69) is 30.6 Å². The predicted octanol–water partition coefficient (Wildman–Crippen LogP) is 4.27. The van der Waals surface area contributed by atoms with Crippen molar-refractivity contribution in [1.29, 1.82) is 0 Å². The Bertz CT molecular complexity index is 1640. The highest BCUT2D eigenvalue weighted by atomic mass is 19.4. The number of imidazole rings is 1. The number of aryl methyl sites for hydroxylation is 2. The van der Waals surface area contributed by atoms with E-state index in [1.54, 1.807) is 25.5 Å². The van der Waals surface area contributed by atoms with Gasteiger partial charge in [0.15, 0.2) is 5.65 Å². The van der Waals surface area contributed by atoms with Gasteiger partial charge in [0.05, 0.1) is 59.6 Å². The van der Waals surface area contributed by atoms with Crippen molar-refractivity contribution in [3.8, 4) is 22.8 Å². The summed E-state index contributed by atoms with van der Waals surface area (Å²) < 4.78 is 48.1. The minimum absolute atomic E-state index is 0.0410. The van der Waals surface area contributed by atoms with Crippen molar-refractivity contribution < 1.29 is 22.7 Å². The number of rotatable bonds is 5. The average molecular weight is 508 g/mol. The monoisotopic (exact) mass is 508 g/mol. The van der Waals surface area contributed by atoms with Crippen molar-refractivity contribution in [1.82, 2.24) is 34.3 Å². The minimum atomic E-state index is -4.65. The van der Waals surface area contributed by atoms with E-state index in [-0.39, 0.29) is 17.0 Å². The smallest absolute Gasteiger partial charge is 0.420 e. The van der Waals surface area contributed by atoms with Crippen LogP contribution in [0.1, 0.15) is 27.3 Å². The van der Waals surface area contributed by atoms with E-state index >= 15 is 0 Å². The maximum Gasteiger partial charge on any atom is 0.420 e. The summed E-state index contributed by atoms with van der Waals surface area (Å²) in [6.45, 7) is 3.60. The molecule has 37 heavy (non-hydrogen) atoms. The molecule has 4 aromatic heterocycles. The predicted molar refractivity (Wildman–Crippen MR) is 127 cm³/mol. The largest absolute Gasteiger partial charge is 0.496 e. The SMILES string of the molecule is COc1ccc(NC(=O)c2cnc(C)c(-n3cc(-c4cnc5cnc(C)cn45)nn3)c2)cc1C(F)(F)F. The molecule has 0 aliphatic rings. The molecule has 0 aliphatic carbocycles. The van der Waals surface area contributed by atoms with E-state index in [0.29, 0.717) is 28.4 Å². The van der Waals surface area contributed by atoms with Crippen LogP contribution in [-0.4, -0.2) is 47.4 Å². The summed E-state index contributed by atoms with van der Waals surface area (Å²) in [5.41, 5.74) is 2.81. The van der Waals surface area contributed by atoms with Crippen LogP contribution in [0, 0.1) is 13.8 Å². The summed E-state index contributed by atoms with van der Waals surface area (Å²) in [6, 6.07) is 4.82. The average Bonchev–Trinajstić information content (AvgIpc) is 3.50. The second kappa shape index (κ2) is 9.00. The van der Waals surface area contributed by atoms with Crippen molar-refractivity contribution in [2.75, 3.05) is 12.4 Å². The summed E-state index contributed by atoms with van der Waals surface area (Å²) in [5.74, 6) is -0.985. The van der Waals surface area contributed by atoms with Gasteiger partial charge in [-0.1, -0.05) is 5.21 Å². The second-order valence-electron chi connectivity index (χ2n) is 8.14. The fourth-order valence-corrected chi connectivity index (χ4v) is 3.76. The molecule has 0 unspecified atom stereocenters. The molecule has 1 amide bonds. The molecule has 1 aromatic carbocycles. The number of nitrogens with one attached hydrogen (secondary N) is 1. The van der Waals surface area contributed by atoms with Crippen LogP contribution >= 0.6 is 0 Å². The number of carbonyl (C=O) groups is 1. The molecule has 0 saturated carbocycles. The van der Waals surface area contributed by atoms with Crippen LogP contribution < -0.4 is 10.1 Å². The zero-order valence-electron chi connectivity index (χ0n) is 19.8. The van der Waals surface area contributed by atoms with Gasteiger partial charge < -0.3 is 10.1 Å². The van der Waals surface area contributed by atoms with Gasteiger partial charge in [0.25, 0.3) is 5.91 Å². The molecule has 0 fully saturated rings. The van der Waals surface area contributed by atoms with Crippen molar-refractivity contribution in [2.45, 2.75) is 20.0 Å². The first-order valence-corrected chi connectivity index (χ1v) is 10.9. The van der Waals surface area contributed by atoms with Crippen molar-refractivity contribution in [2.24, 2.45) is 0 Å². The van der Waals surface area contributed by atoms with Gasteiger partial charge >= 0.3 is 6.18 Å². The number of halogens is 3. The Morgan fingerprint density at radius 2 is 1.84 bits per heavy atom. The van der Waals surface area contributed by atoms with Gasteiger partial charge in [-0.15, -0.1) is 5.10 Å². The number of pyridine rings is 1. The Labute approximate surface area is 207 Å². The third-order valence-corrected chi connectivity index (χ3v) is 5.61. The van der Waals surface area contributed by atoms with Crippen LogP contribution in [0.3, 0.4) is 0 Å². The number of methoxy groups -OCH3 is 1. The number of ether oxygens (including phenoxy) is 1. The lowest BCUT2D eigenvalue weighted by atomic mass is 10.1. The Hall–Kier alpha value is -4.81. The van der Waals surface area contributed by atoms with Gasteiger partial charge in [-0.3, -0.25) is 19.2 Å². The molecule has 5 aromatic rings. The van der Waals surface area contributed by atoms with E-state index in [1.807, 2.05) is 17.5 Å². The van der Waals surface area contributed by atoms with Crippen LogP contribution in [-0.2, 0) is 6.18 Å². The van der Waals surface area contributed by atoms with E-state index < -0.39 is 17.6 Å². The number of fused-ring (bicyclic) bond motifs is 1. The highest BCUT2D eigenvalue weighted by Crippen LogP contribution is 2.37. The summed E-state index contributed by atoms with van der Waals surface area (Å²) in [4.78, 5) is 25.7. The molecule has 4 heterocycles.